The molecule has 0 N–H and O–H groups in total. The van der Waals surface area contributed by atoms with Gasteiger partial charge in [0.25, 0.3) is 0 Å². The molecule has 0 spiro atoms. The van der Waals surface area contributed by atoms with Crippen LogP contribution in [0.25, 0.3) is 0 Å². The Morgan fingerprint density at radius 2 is 2.12 bits per heavy atom. The van der Waals surface area contributed by atoms with Crippen LogP contribution in [-0.4, -0.2) is 26.3 Å². The fraction of sp³-hybridized carbons (Fsp3) is 0.462. The molecule has 3 nitrogen and oxygen atoms in total. The molecular weight excluding hydrogens is 284 g/mol. The maximum atomic E-state index is 12.0. The van der Waals surface area contributed by atoms with Crippen LogP contribution < -0.4 is 0 Å². The van der Waals surface area contributed by atoms with Gasteiger partial charge in [0.1, 0.15) is 0 Å². The molecule has 0 aromatic heterocycles. The Kier molecular flexibility index (Phi) is 3.54. The largest absolute Gasteiger partial charge is 0.468 e. The van der Waals surface area contributed by atoms with Crippen molar-refractivity contribution in [3.8, 4) is 0 Å². The average Bonchev–Trinajstić information content (AvgIpc) is 2.28. The van der Waals surface area contributed by atoms with Gasteiger partial charge in [-0.2, -0.15) is 0 Å². The zero-order chi connectivity index (χ0) is 12.5. The number of ether oxygens (including phenoxy) is 2. The quantitative estimate of drug-likeness (QED) is 0.805. The maximum Gasteiger partial charge on any atom is 0.316 e. The first-order chi connectivity index (χ1) is 8.12. The van der Waals surface area contributed by atoms with E-state index in [9.17, 15) is 4.79 Å². The zero-order valence-electron chi connectivity index (χ0n) is 9.90. The fourth-order valence-electron chi connectivity index (χ4n) is 2.39. The highest BCUT2D eigenvalue weighted by atomic mass is 79.9. The highest BCUT2D eigenvalue weighted by molar-refractivity contribution is 9.10. The van der Waals surface area contributed by atoms with Crippen LogP contribution in [0.1, 0.15) is 18.4 Å². The molecule has 0 atom stereocenters. The summed E-state index contributed by atoms with van der Waals surface area (Å²) in [5.41, 5.74) is 0.464. The van der Waals surface area contributed by atoms with E-state index in [-0.39, 0.29) is 12.1 Å². The van der Waals surface area contributed by atoms with E-state index in [0.29, 0.717) is 12.8 Å². The first-order valence-corrected chi connectivity index (χ1v) is 6.29. The number of hydrogen-bond donors (Lipinski definition) is 0. The Labute approximate surface area is 109 Å². The summed E-state index contributed by atoms with van der Waals surface area (Å²) in [5.74, 6) is -0.177. The monoisotopic (exact) mass is 298 g/mol. The first kappa shape index (κ1) is 12.6. The van der Waals surface area contributed by atoms with Crippen molar-refractivity contribution in [3.05, 3.63) is 34.3 Å². The number of methoxy groups -OCH3 is 2. The van der Waals surface area contributed by atoms with E-state index >= 15 is 0 Å². The topological polar surface area (TPSA) is 35.5 Å². The van der Waals surface area contributed by atoms with Gasteiger partial charge in [0.15, 0.2) is 0 Å². The molecule has 0 amide bonds. The van der Waals surface area contributed by atoms with Gasteiger partial charge in [0, 0.05) is 11.6 Å². The summed E-state index contributed by atoms with van der Waals surface area (Å²) < 4.78 is 11.2. The van der Waals surface area contributed by atoms with Crippen molar-refractivity contribution in [2.24, 2.45) is 0 Å². The van der Waals surface area contributed by atoms with E-state index in [4.69, 9.17) is 9.47 Å². The fourth-order valence-corrected chi connectivity index (χ4v) is 2.79. The molecule has 92 valence electrons. The summed E-state index contributed by atoms with van der Waals surface area (Å²) >= 11 is 3.43. The molecule has 0 bridgehead atoms. The SMILES string of the molecule is COC(=O)C1(c2cccc(Br)c2)CC(OC)C1. The van der Waals surface area contributed by atoms with Crippen molar-refractivity contribution in [1.29, 1.82) is 0 Å². The van der Waals surface area contributed by atoms with Crippen LogP contribution in [-0.2, 0) is 19.7 Å². The van der Waals surface area contributed by atoms with Crippen molar-refractivity contribution in [2.45, 2.75) is 24.4 Å². The van der Waals surface area contributed by atoms with Gasteiger partial charge in [-0.25, -0.2) is 0 Å². The van der Waals surface area contributed by atoms with Crippen molar-refractivity contribution in [1.82, 2.24) is 0 Å². The molecule has 0 saturated heterocycles. The molecule has 17 heavy (non-hydrogen) atoms. The molecule has 0 radical (unpaired) electrons. The standard InChI is InChI=1S/C13H15BrO3/c1-16-11-7-13(8-11,12(15)17-2)9-4-3-5-10(14)6-9/h3-6,11H,7-8H2,1-2H3. The predicted octanol–water partition coefficient (Wildman–Crippen LogP) is 2.67. The summed E-state index contributed by atoms with van der Waals surface area (Å²) in [4.78, 5) is 12.0. The van der Waals surface area contributed by atoms with Crippen LogP contribution >= 0.6 is 15.9 Å². The number of benzene rings is 1. The van der Waals surface area contributed by atoms with E-state index in [1.54, 1.807) is 7.11 Å². The van der Waals surface area contributed by atoms with Crippen LogP contribution in [0.3, 0.4) is 0 Å². The first-order valence-electron chi connectivity index (χ1n) is 5.49. The molecule has 0 heterocycles. The maximum absolute atomic E-state index is 12.0. The second-order valence-corrected chi connectivity index (χ2v) is 5.27. The Morgan fingerprint density at radius 3 is 2.65 bits per heavy atom. The van der Waals surface area contributed by atoms with Crippen molar-refractivity contribution in [2.75, 3.05) is 14.2 Å². The normalized spacial score (nSPS) is 27.4. The van der Waals surface area contributed by atoms with E-state index in [1.807, 2.05) is 24.3 Å². The lowest BCUT2D eigenvalue weighted by atomic mass is 9.62. The Morgan fingerprint density at radius 1 is 1.41 bits per heavy atom. The molecule has 1 aromatic rings. The van der Waals surface area contributed by atoms with Gasteiger partial charge in [-0.1, -0.05) is 28.1 Å². The molecule has 1 aliphatic carbocycles. The smallest absolute Gasteiger partial charge is 0.316 e. The van der Waals surface area contributed by atoms with Crippen LogP contribution in [0.5, 0.6) is 0 Å². The molecule has 1 fully saturated rings. The van der Waals surface area contributed by atoms with Crippen molar-refractivity contribution >= 4 is 21.9 Å². The van der Waals surface area contributed by atoms with Gasteiger partial charge in [-0.05, 0) is 30.5 Å². The summed E-state index contributed by atoms with van der Waals surface area (Å²) in [6, 6.07) is 7.82. The molecule has 0 unspecified atom stereocenters. The molecular formula is C13H15BrO3. The molecule has 0 aliphatic heterocycles. The lowest BCUT2D eigenvalue weighted by molar-refractivity contribution is -0.158. The second kappa shape index (κ2) is 4.78. The Balaban J connectivity index is 2.33. The molecule has 1 aromatic carbocycles. The number of rotatable bonds is 3. The van der Waals surface area contributed by atoms with Crippen LogP contribution in [0.4, 0.5) is 0 Å². The summed E-state index contributed by atoms with van der Waals surface area (Å²) in [7, 11) is 3.11. The summed E-state index contributed by atoms with van der Waals surface area (Å²) in [6.45, 7) is 0. The molecule has 4 heteroatoms. The van der Waals surface area contributed by atoms with Gasteiger partial charge in [0.2, 0.25) is 0 Å². The minimum absolute atomic E-state index is 0.146. The van der Waals surface area contributed by atoms with Gasteiger partial charge in [-0.15, -0.1) is 0 Å². The summed E-state index contributed by atoms with van der Waals surface area (Å²) in [5, 5.41) is 0. The number of hydrogen-bond acceptors (Lipinski definition) is 3. The van der Waals surface area contributed by atoms with E-state index in [2.05, 4.69) is 15.9 Å². The van der Waals surface area contributed by atoms with Crippen LogP contribution in [0, 0.1) is 0 Å². The average molecular weight is 299 g/mol. The van der Waals surface area contributed by atoms with Gasteiger partial charge in [0.05, 0.1) is 18.6 Å². The minimum atomic E-state index is -0.529. The van der Waals surface area contributed by atoms with Gasteiger partial charge >= 0.3 is 5.97 Å². The third kappa shape index (κ3) is 2.11. The molecule has 2 rings (SSSR count). The Bertz CT molecular complexity index is 424. The molecule has 1 aliphatic rings. The minimum Gasteiger partial charge on any atom is -0.468 e. The third-order valence-electron chi connectivity index (χ3n) is 3.44. The highest BCUT2D eigenvalue weighted by Gasteiger charge is 2.52. The highest BCUT2D eigenvalue weighted by Crippen LogP contribution is 2.46. The number of carbonyl (C=O) groups excluding carboxylic acids is 1. The van der Waals surface area contributed by atoms with Gasteiger partial charge < -0.3 is 9.47 Å². The van der Waals surface area contributed by atoms with Crippen molar-refractivity contribution in [3.63, 3.8) is 0 Å². The van der Waals surface area contributed by atoms with Crippen molar-refractivity contribution < 1.29 is 14.3 Å². The summed E-state index contributed by atoms with van der Waals surface area (Å²) in [6.07, 6.45) is 1.52. The Hall–Kier alpha value is -0.870. The van der Waals surface area contributed by atoms with Crippen LogP contribution in [0.15, 0.2) is 28.7 Å². The van der Waals surface area contributed by atoms with Crippen LogP contribution in [0.2, 0.25) is 0 Å². The number of halogens is 1. The second-order valence-electron chi connectivity index (χ2n) is 4.35. The number of esters is 1. The third-order valence-corrected chi connectivity index (χ3v) is 3.93. The zero-order valence-corrected chi connectivity index (χ0v) is 11.5. The van der Waals surface area contributed by atoms with E-state index in [0.717, 1.165) is 10.0 Å². The number of carbonyl (C=O) groups is 1. The molecule has 1 saturated carbocycles. The van der Waals surface area contributed by atoms with Gasteiger partial charge in [-0.3, -0.25) is 4.79 Å². The van der Waals surface area contributed by atoms with E-state index in [1.165, 1.54) is 7.11 Å². The lowest BCUT2D eigenvalue weighted by Crippen LogP contribution is -2.51. The lowest BCUT2D eigenvalue weighted by Gasteiger charge is -2.44. The predicted molar refractivity (Wildman–Crippen MR) is 67.9 cm³/mol. The van der Waals surface area contributed by atoms with E-state index < -0.39 is 5.41 Å².